The smallest absolute Gasteiger partial charge is 0.251 e. The Bertz CT molecular complexity index is 1310. The monoisotopic (exact) mass is 580 g/mol. The van der Waals surface area contributed by atoms with E-state index in [2.05, 4.69) is 59.7 Å². The van der Waals surface area contributed by atoms with E-state index in [-0.39, 0.29) is 17.0 Å². The van der Waals surface area contributed by atoms with Gasteiger partial charge < -0.3 is 30.3 Å². The van der Waals surface area contributed by atoms with Crippen LogP contribution in [0.25, 0.3) is 10.8 Å². The summed E-state index contributed by atoms with van der Waals surface area (Å²) in [5, 5.41) is 18.8. The third kappa shape index (κ3) is 8.07. The SMILES string of the molecule is CCN(CC)CCN(CCNCCC1Nc2c(O)cccc2S1=O)C(=O)C(C)OCCc1cccc2ccccc12. The molecule has 3 N–H and O–H groups in total. The first kappa shape index (κ1) is 31.0. The van der Waals surface area contributed by atoms with Crippen molar-refractivity contribution in [2.75, 3.05) is 57.7 Å². The lowest BCUT2D eigenvalue weighted by Gasteiger charge is -2.29. The molecule has 1 aliphatic rings. The van der Waals surface area contributed by atoms with Crippen LogP contribution in [0.5, 0.6) is 5.75 Å². The number of phenolic OH excluding ortho intramolecular Hbond substituents is 1. The van der Waals surface area contributed by atoms with Crippen molar-refractivity contribution in [3.05, 3.63) is 66.2 Å². The number of amides is 1. The van der Waals surface area contributed by atoms with Crippen molar-refractivity contribution in [3.63, 3.8) is 0 Å². The van der Waals surface area contributed by atoms with Gasteiger partial charge in [-0.1, -0.05) is 62.4 Å². The van der Waals surface area contributed by atoms with Crippen LogP contribution in [0.3, 0.4) is 0 Å². The average molecular weight is 581 g/mol. The van der Waals surface area contributed by atoms with Crippen LogP contribution in [0.1, 0.15) is 32.8 Å². The van der Waals surface area contributed by atoms with Gasteiger partial charge in [-0.15, -0.1) is 0 Å². The Hall–Kier alpha value is -2.98. The van der Waals surface area contributed by atoms with Crippen LogP contribution < -0.4 is 10.6 Å². The zero-order valence-electron chi connectivity index (χ0n) is 24.5. The Morgan fingerprint density at radius 2 is 1.78 bits per heavy atom. The largest absolute Gasteiger partial charge is 0.506 e. The second-order valence-electron chi connectivity index (χ2n) is 10.4. The number of para-hydroxylation sites is 1. The highest BCUT2D eigenvalue weighted by Crippen LogP contribution is 2.37. The first-order valence-electron chi connectivity index (χ1n) is 14.7. The summed E-state index contributed by atoms with van der Waals surface area (Å²) in [5.74, 6) is 0.128. The number of hydrogen-bond acceptors (Lipinski definition) is 7. The van der Waals surface area contributed by atoms with Gasteiger partial charge in [-0.2, -0.15) is 0 Å². The van der Waals surface area contributed by atoms with Crippen LogP contribution in [0.4, 0.5) is 5.69 Å². The molecule has 0 fully saturated rings. The summed E-state index contributed by atoms with van der Waals surface area (Å²) in [6, 6.07) is 19.7. The summed E-state index contributed by atoms with van der Waals surface area (Å²) >= 11 is 0. The molecule has 0 aromatic heterocycles. The molecular formula is C32H44N4O4S. The number of anilines is 1. The molecule has 0 radical (unpaired) electrons. The topological polar surface area (TPSA) is 94.1 Å². The maximum atomic E-state index is 13.4. The summed E-state index contributed by atoms with van der Waals surface area (Å²) in [6.45, 7) is 11.8. The number of nitrogens with zero attached hydrogens (tertiary/aromatic N) is 2. The highest BCUT2D eigenvalue weighted by Gasteiger charge is 2.30. The Morgan fingerprint density at radius 3 is 2.56 bits per heavy atom. The third-order valence-corrected chi connectivity index (χ3v) is 9.43. The van der Waals surface area contributed by atoms with Crippen LogP contribution in [0, 0.1) is 0 Å². The van der Waals surface area contributed by atoms with E-state index >= 15 is 0 Å². The van der Waals surface area contributed by atoms with Crippen molar-refractivity contribution in [2.45, 2.75) is 50.0 Å². The van der Waals surface area contributed by atoms with E-state index in [1.807, 2.05) is 24.0 Å². The maximum absolute atomic E-state index is 13.4. The fourth-order valence-corrected chi connectivity index (χ4v) is 6.71. The highest BCUT2D eigenvalue weighted by atomic mass is 32.2. The van der Waals surface area contributed by atoms with Gasteiger partial charge in [0.1, 0.15) is 17.2 Å². The average Bonchev–Trinajstić information content (AvgIpc) is 3.32. The van der Waals surface area contributed by atoms with E-state index in [0.29, 0.717) is 49.8 Å². The van der Waals surface area contributed by atoms with E-state index in [1.165, 1.54) is 16.3 Å². The summed E-state index contributed by atoms with van der Waals surface area (Å²) in [5.41, 5.74) is 1.79. The van der Waals surface area contributed by atoms with E-state index < -0.39 is 16.9 Å². The first-order valence-corrected chi connectivity index (χ1v) is 15.9. The van der Waals surface area contributed by atoms with Crippen molar-refractivity contribution in [3.8, 4) is 5.75 Å². The van der Waals surface area contributed by atoms with Gasteiger partial charge in [-0.05, 0) is 67.9 Å². The molecule has 9 heteroatoms. The van der Waals surface area contributed by atoms with Crippen molar-refractivity contribution >= 4 is 33.2 Å². The Labute approximate surface area is 246 Å². The minimum atomic E-state index is -1.21. The van der Waals surface area contributed by atoms with Crippen molar-refractivity contribution in [2.24, 2.45) is 0 Å². The lowest BCUT2D eigenvalue weighted by molar-refractivity contribution is -0.142. The molecule has 0 saturated carbocycles. The van der Waals surface area contributed by atoms with Gasteiger partial charge in [0.25, 0.3) is 5.91 Å². The molecule has 1 heterocycles. The van der Waals surface area contributed by atoms with Crippen LogP contribution >= 0.6 is 0 Å². The lowest BCUT2D eigenvalue weighted by atomic mass is 10.0. The standard InChI is InChI=1S/C32H44N4O4S/c1-4-35(5-2)21-22-36(20-19-33-18-16-30-34-31-28(37)14-9-15-29(31)41(30)39)32(38)24(3)40-23-17-26-12-8-11-25-10-6-7-13-27(25)26/h6-15,24,30,33-34,37H,4-5,16-23H2,1-3H3. The second kappa shape index (κ2) is 15.3. The fourth-order valence-electron chi connectivity index (χ4n) is 5.27. The van der Waals surface area contributed by atoms with Crippen LogP contribution in [0.15, 0.2) is 65.6 Å². The molecule has 0 aliphatic carbocycles. The fraction of sp³-hybridized carbons (Fsp3) is 0.469. The summed E-state index contributed by atoms with van der Waals surface area (Å²) in [6.07, 6.45) is 0.859. The molecule has 1 amide bonds. The summed E-state index contributed by atoms with van der Waals surface area (Å²) in [7, 11) is -1.21. The lowest BCUT2D eigenvalue weighted by Crippen LogP contribution is -2.46. The molecule has 41 heavy (non-hydrogen) atoms. The van der Waals surface area contributed by atoms with Crippen molar-refractivity contribution < 1.29 is 18.8 Å². The molecule has 3 atom stereocenters. The summed E-state index contributed by atoms with van der Waals surface area (Å²) in [4.78, 5) is 18.3. The minimum absolute atomic E-state index is 0.00126. The Morgan fingerprint density at radius 1 is 1.02 bits per heavy atom. The van der Waals surface area contributed by atoms with Crippen molar-refractivity contribution in [1.29, 1.82) is 0 Å². The number of carbonyl (C=O) groups is 1. The second-order valence-corrected chi connectivity index (χ2v) is 12.0. The molecule has 1 aliphatic heterocycles. The van der Waals surface area contributed by atoms with Crippen LogP contribution in [-0.4, -0.2) is 88.9 Å². The Balaban J connectivity index is 1.26. The van der Waals surface area contributed by atoms with Gasteiger partial charge in [0, 0.05) is 26.2 Å². The van der Waals surface area contributed by atoms with E-state index in [1.54, 1.807) is 18.2 Å². The maximum Gasteiger partial charge on any atom is 0.251 e. The van der Waals surface area contributed by atoms with Crippen LogP contribution in [0.2, 0.25) is 0 Å². The predicted molar refractivity (Wildman–Crippen MR) is 167 cm³/mol. The zero-order valence-corrected chi connectivity index (χ0v) is 25.3. The molecule has 8 nitrogen and oxygen atoms in total. The third-order valence-electron chi connectivity index (χ3n) is 7.79. The molecule has 0 saturated heterocycles. The van der Waals surface area contributed by atoms with Gasteiger partial charge in [0.05, 0.1) is 28.0 Å². The summed E-state index contributed by atoms with van der Waals surface area (Å²) < 4.78 is 18.8. The Kier molecular flexibility index (Phi) is 11.6. The predicted octanol–water partition coefficient (Wildman–Crippen LogP) is 4.20. The quantitative estimate of drug-likeness (QED) is 0.173. The van der Waals surface area contributed by atoms with E-state index in [9.17, 15) is 14.1 Å². The molecule has 3 unspecified atom stereocenters. The zero-order chi connectivity index (χ0) is 29.2. The van der Waals surface area contributed by atoms with Gasteiger partial charge in [0.2, 0.25) is 0 Å². The molecular weight excluding hydrogens is 536 g/mol. The number of likely N-dealkylation sites (N-methyl/N-ethyl adjacent to an activating group) is 1. The molecule has 3 aromatic rings. The van der Waals surface area contributed by atoms with Crippen LogP contribution in [-0.2, 0) is 26.8 Å². The van der Waals surface area contributed by atoms with Gasteiger partial charge >= 0.3 is 0 Å². The minimum Gasteiger partial charge on any atom is -0.506 e. The number of carbonyl (C=O) groups excluding carboxylic acids is 1. The van der Waals surface area contributed by atoms with Gasteiger partial charge in [-0.25, -0.2) is 0 Å². The highest BCUT2D eigenvalue weighted by molar-refractivity contribution is 7.86. The number of rotatable bonds is 16. The number of benzene rings is 3. The molecule has 0 spiro atoms. The molecule has 3 aromatic carbocycles. The number of hydrogen-bond donors (Lipinski definition) is 3. The molecule has 0 bridgehead atoms. The van der Waals surface area contributed by atoms with Gasteiger partial charge in [-0.3, -0.25) is 9.00 Å². The first-order chi connectivity index (χ1) is 19.9. The van der Waals surface area contributed by atoms with E-state index in [4.69, 9.17) is 4.74 Å². The van der Waals surface area contributed by atoms with Crippen molar-refractivity contribution in [1.82, 2.24) is 15.1 Å². The number of ether oxygens (including phenoxy) is 1. The number of aromatic hydroxyl groups is 1. The van der Waals surface area contributed by atoms with E-state index in [0.717, 1.165) is 26.1 Å². The van der Waals surface area contributed by atoms with Gasteiger partial charge in [0.15, 0.2) is 0 Å². The normalized spacial score (nSPS) is 17.0. The number of fused-ring (bicyclic) bond motifs is 2. The number of phenols is 1. The molecule has 4 rings (SSSR count). The molecule has 222 valence electrons. The number of nitrogens with one attached hydrogen (secondary N) is 2.